The number of hydrogen-bond donors (Lipinski definition) is 0. The average molecular weight is 372 g/mol. The molecule has 0 radical (unpaired) electrons. The van der Waals surface area contributed by atoms with E-state index in [2.05, 4.69) is 4.98 Å². The maximum Gasteiger partial charge on any atom is 0.228 e. The third-order valence-corrected chi connectivity index (χ3v) is 4.91. The summed E-state index contributed by atoms with van der Waals surface area (Å²) in [6.45, 7) is 1.46. The summed E-state index contributed by atoms with van der Waals surface area (Å²) in [6.07, 6.45) is 1.71. The van der Waals surface area contributed by atoms with Gasteiger partial charge in [0.1, 0.15) is 6.10 Å². The summed E-state index contributed by atoms with van der Waals surface area (Å²) in [7, 11) is 0. The van der Waals surface area contributed by atoms with E-state index >= 15 is 0 Å². The van der Waals surface area contributed by atoms with Crippen LogP contribution in [-0.2, 0) is 9.59 Å². The molecule has 1 aromatic carbocycles. The van der Waals surface area contributed by atoms with Crippen molar-refractivity contribution in [3.8, 4) is 5.88 Å². The third-order valence-electron chi connectivity index (χ3n) is 4.69. The van der Waals surface area contributed by atoms with Gasteiger partial charge < -0.3 is 14.5 Å². The number of rotatable bonds is 4. The molecule has 2 fully saturated rings. The third kappa shape index (κ3) is 3.37. The first-order valence-electron chi connectivity index (χ1n) is 8.52. The fraction of sp³-hybridized carbons (Fsp3) is 0.316. The van der Waals surface area contributed by atoms with Crippen molar-refractivity contribution in [2.75, 3.05) is 24.5 Å². The van der Waals surface area contributed by atoms with E-state index in [1.54, 1.807) is 21.9 Å². The molecule has 6 nitrogen and oxygen atoms in total. The quantitative estimate of drug-likeness (QED) is 0.827. The highest BCUT2D eigenvalue weighted by Gasteiger charge is 2.41. The minimum atomic E-state index is -0.294. The first kappa shape index (κ1) is 16.8. The SMILES string of the molecule is O=C(C1CC(=O)N(c2ccccc2)C1)N1CC(Oc2ccc(Cl)cn2)C1. The molecular weight excluding hydrogens is 354 g/mol. The van der Waals surface area contributed by atoms with Gasteiger partial charge in [0.25, 0.3) is 0 Å². The topological polar surface area (TPSA) is 62.7 Å². The van der Waals surface area contributed by atoms with E-state index < -0.39 is 0 Å². The number of halogens is 1. The highest BCUT2D eigenvalue weighted by Crippen LogP contribution is 2.28. The zero-order valence-corrected chi connectivity index (χ0v) is 14.8. The maximum absolute atomic E-state index is 12.7. The fourth-order valence-electron chi connectivity index (χ4n) is 3.28. The molecule has 2 aromatic rings. The first-order valence-corrected chi connectivity index (χ1v) is 8.90. The number of carbonyl (C=O) groups is 2. The fourth-order valence-corrected chi connectivity index (χ4v) is 3.40. The second-order valence-electron chi connectivity index (χ2n) is 6.54. The number of amides is 2. The van der Waals surface area contributed by atoms with Crippen molar-refractivity contribution in [2.24, 2.45) is 5.92 Å². The van der Waals surface area contributed by atoms with Gasteiger partial charge in [-0.1, -0.05) is 29.8 Å². The van der Waals surface area contributed by atoms with Crippen LogP contribution in [0.3, 0.4) is 0 Å². The normalized spacial score (nSPS) is 20.2. The molecule has 0 N–H and O–H groups in total. The Morgan fingerprint density at radius 3 is 2.58 bits per heavy atom. The maximum atomic E-state index is 12.7. The number of nitrogens with zero attached hydrogens (tertiary/aromatic N) is 3. The monoisotopic (exact) mass is 371 g/mol. The van der Waals surface area contributed by atoms with Crippen LogP contribution in [0.4, 0.5) is 5.69 Å². The summed E-state index contributed by atoms with van der Waals surface area (Å²) in [5.74, 6) is 0.212. The molecule has 0 aliphatic carbocycles. The smallest absolute Gasteiger partial charge is 0.228 e. The van der Waals surface area contributed by atoms with Crippen LogP contribution in [0.2, 0.25) is 5.02 Å². The molecule has 1 unspecified atom stereocenters. The molecule has 0 saturated carbocycles. The van der Waals surface area contributed by atoms with Gasteiger partial charge in [-0.15, -0.1) is 0 Å². The lowest BCUT2D eigenvalue weighted by atomic mass is 10.0. The van der Waals surface area contributed by atoms with Crippen molar-refractivity contribution in [1.82, 2.24) is 9.88 Å². The Balaban J connectivity index is 1.31. The van der Waals surface area contributed by atoms with E-state index in [1.807, 2.05) is 30.3 Å². The summed E-state index contributed by atoms with van der Waals surface area (Å²) in [6, 6.07) is 12.9. The van der Waals surface area contributed by atoms with E-state index in [-0.39, 0.29) is 30.3 Å². The second-order valence-corrected chi connectivity index (χ2v) is 6.98. The lowest BCUT2D eigenvalue weighted by Gasteiger charge is -2.39. The molecule has 134 valence electrons. The Hall–Kier alpha value is -2.60. The summed E-state index contributed by atoms with van der Waals surface area (Å²) in [5.41, 5.74) is 0.839. The number of para-hydroxylation sites is 1. The summed E-state index contributed by atoms with van der Waals surface area (Å²) in [5, 5.41) is 0.552. The standard InChI is InChI=1S/C19H18ClN3O3/c20-14-6-7-17(21-9-14)26-16-11-22(12-16)19(25)13-8-18(24)23(10-13)15-4-2-1-3-5-15/h1-7,9,13,16H,8,10-12H2. The molecule has 1 atom stereocenters. The molecule has 2 aliphatic rings. The second kappa shape index (κ2) is 6.96. The van der Waals surface area contributed by atoms with Gasteiger partial charge >= 0.3 is 0 Å². The van der Waals surface area contributed by atoms with Crippen LogP contribution in [0.15, 0.2) is 48.7 Å². The minimum Gasteiger partial charge on any atom is -0.471 e. The molecular formula is C19H18ClN3O3. The summed E-state index contributed by atoms with van der Waals surface area (Å²) >= 11 is 5.80. The Kier molecular flexibility index (Phi) is 4.51. The lowest BCUT2D eigenvalue weighted by molar-refractivity contribution is -0.144. The van der Waals surface area contributed by atoms with Crippen molar-refractivity contribution in [1.29, 1.82) is 0 Å². The Morgan fingerprint density at radius 2 is 1.88 bits per heavy atom. The van der Waals surface area contributed by atoms with Gasteiger partial charge in [-0.25, -0.2) is 4.98 Å². The molecule has 2 amide bonds. The van der Waals surface area contributed by atoms with Gasteiger partial charge in [-0.2, -0.15) is 0 Å². The van der Waals surface area contributed by atoms with E-state index in [9.17, 15) is 9.59 Å². The van der Waals surface area contributed by atoms with Crippen molar-refractivity contribution < 1.29 is 14.3 Å². The molecule has 0 bridgehead atoms. The predicted molar refractivity (Wildman–Crippen MR) is 97.1 cm³/mol. The van der Waals surface area contributed by atoms with Gasteiger partial charge in [0.05, 0.1) is 24.0 Å². The average Bonchev–Trinajstić information content (AvgIpc) is 3.01. The van der Waals surface area contributed by atoms with E-state index in [0.717, 1.165) is 5.69 Å². The van der Waals surface area contributed by atoms with Crippen LogP contribution < -0.4 is 9.64 Å². The van der Waals surface area contributed by atoms with Crippen LogP contribution in [0.25, 0.3) is 0 Å². The first-order chi connectivity index (χ1) is 12.6. The number of hydrogen-bond acceptors (Lipinski definition) is 4. The Bertz CT molecular complexity index is 807. The van der Waals surface area contributed by atoms with Crippen molar-refractivity contribution >= 4 is 29.1 Å². The zero-order valence-electron chi connectivity index (χ0n) is 14.0. The highest BCUT2D eigenvalue weighted by molar-refractivity contribution is 6.30. The van der Waals surface area contributed by atoms with Crippen LogP contribution in [0.5, 0.6) is 5.88 Å². The van der Waals surface area contributed by atoms with Gasteiger partial charge in [-0.05, 0) is 18.2 Å². The molecule has 4 rings (SSSR count). The zero-order chi connectivity index (χ0) is 18.1. The minimum absolute atomic E-state index is 0.00626. The van der Waals surface area contributed by atoms with Crippen molar-refractivity contribution in [3.63, 3.8) is 0 Å². The molecule has 26 heavy (non-hydrogen) atoms. The number of anilines is 1. The number of aromatic nitrogens is 1. The summed E-state index contributed by atoms with van der Waals surface area (Å²) < 4.78 is 5.72. The molecule has 7 heteroatoms. The Morgan fingerprint density at radius 1 is 1.12 bits per heavy atom. The number of ether oxygens (including phenoxy) is 1. The lowest BCUT2D eigenvalue weighted by Crippen LogP contribution is -2.57. The van der Waals surface area contributed by atoms with Gasteiger partial charge in [0.15, 0.2) is 0 Å². The highest BCUT2D eigenvalue weighted by atomic mass is 35.5. The Labute approximate surface area is 156 Å². The molecule has 3 heterocycles. The number of likely N-dealkylation sites (tertiary alicyclic amines) is 1. The number of carbonyl (C=O) groups excluding carboxylic acids is 2. The van der Waals surface area contributed by atoms with Crippen LogP contribution in [0, 0.1) is 5.92 Å². The van der Waals surface area contributed by atoms with Gasteiger partial charge in [0, 0.05) is 30.9 Å². The predicted octanol–water partition coefficient (Wildman–Crippen LogP) is 2.38. The largest absolute Gasteiger partial charge is 0.471 e. The van der Waals surface area contributed by atoms with Crippen LogP contribution >= 0.6 is 11.6 Å². The van der Waals surface area contributed by atoms with E-state index in [4.69, 9.17) is 16.3 Å². The van der Waals surface area contributed by atoms with Crippen molar-refractivity contribution in [3.05, 3.63) is 53.7 Å². The van der Waals surface area contributed by atoms with Crippen molar-refractivity contribution in [2.45, 2.75) is 12.5 Å². The molecule has 2 aliphatic heterocycles. The molecule has 1 aromatic heterocycles. The van der Waals surface area contributed by atoms with Gasteiger partial charge in [-0.3, -0.25) is 9.59 Å². The number of benzene rings is 1. The summed E-state index contributed by atoms with van der Waals surface area (Å²) in [4.78, 5) is 32.4. The van der Waals surface area contributed by atoms with E-state index in [0.29, 0.717) is 30.5 Å². The van der Waals surface area contributed by atoms with Crippen LogP contribution in [0.1, 0.15) is 6.42 Å². The molecule has 0 spiro atoms. The number of pyridine rings is 1. The van der Waals surface area contributed by atoms with Crippen LogP contribution in [-0.4, -0.2) is 47.4 Å². The van der Waals surface area contributed by atoms with E-state index in [1.165, 1.54) is 6.20 Å². The van der Waals surface area contributed by atoms with Gasteiger partial charge in [0.2, 0.25) is 17.7 Å². The molecule has 2 saturated heterocycles.